The maximum atomic E-state index is 12.2. The summed E-state index contributed by atoms with van der Waals surface area (Å²) in [6, 6.07) is 11.8. The molecule has 7 heteroatoms. The summed E-state index contributed by atoms with van der Waals surface area (Å²) in [5.41, 5.74) is 7.16. The molecule has 0 aliphatic carbocycles. The third-order valence-electron chi connectivity index (χ3n) is 3.21. The minimum absolute atomic E-state index is 0.00620. The Kier molecular flexibility index (Phi) is 4.29. The first-order valence-corrected chi connectivity index (χ1v) is 7.86. The third kappa shape index (κ3) is 3.51. The highest BCUT2D eigenvalue weighted by molar-refractivity contribution is 7.99. The summed E-state index contributed by atoms with van der Waals surface area (Å²) >= 11 is 1.39. The lowest BCUT2D eigenvalue weighted by molar-refractivity contribution is 0.102. The van der Waals surface area contributed by atoms with Crippen LogP contribution in [0.5, 0.6) is 0 Å². The number of rotatable bonds is 5. The Morgan fingerprint density at radius 2 is 1.96 bits per heavy atom. The lowest BCUT2D eigenvalue weighted by atomic mass is 10.1. The zero-order chi connectivity index (χ0) is 16.2. The van der Waals surface area contributed by atoms with Crippen molar-refractivity contribution in [3.8, 4) is 0 Å². The van der Waals surface area contributed by atoms with Crippen LogP contribution in [0.15, 0.2) is 60.0 Å². The van der Waals surface area contributed by atoms with Crippen LogP contribution in [0.2, 0.25) is 0 Å². The third-order valence-corrected chi connectivity index (χ3v) is 4.18. The van der Waals surface area contributed by atoms with E-state index in [0.717, 1.165) is 10.7 Å². The van der Waals surface area contributed by atoms with Gasteiger partial charge < -0.3 is 11.1 Å². The van der Waals surface area contributed by atoms with Gasteiger partial charge in [-0.1, -0.05) is 17.8 Å². The van der Waals surface area contributed by atoms with Gasteiger partial charge in [0.2, 0.25) is 0 Å². The van der Waals surface area contributed by atoms with Crippen molar-refractivity contribution in [2.75, 3.05) is 11.1 Å². The Morgan fingerprint density at radius 1 is 1.17 bits per heavy atom. The highest BCUT2D eigenvalue weighted by atomic mass is 32.2. The summed E-state index contributed by atoms with van der Waals surface area (Å²) in [7, 11) is 0. The summed E-state index contributed by atoms with van der Waals surface area (Å²) in [5.74, 6) is 0.282. The molecule has 0 bridgehead atoms. The number of carbonyl (C=O) groups is 2. The molecule has 2 heterocycles. The minimum Gasteiger partial charge on any atom is -0.351 e. The predicted molar refractivity (Wildman–Crippen MR) is 89.9 cm³/mol. The number of primary amides is 1. The predicted octanol–water partition coefficient (Wildman–Crippen LogP) is 2.80. The molecule has 0 aliphatic rings. The number of pyridine rings is 1. The van der Waals surface area contributed by atoms with Gasteiger partial charge in [0.05, 0.1) is 17.5 Å². The Bertz CT molecular complexity index is 858. The number of nitrogens with two attached hydrogens (primary N) is 1. The molecule has 0 radical (unpaired) electrons. The second kappa shape index (κ2) is 6.53. The molecule has 6 nitrogen and oxygen atoms in total. The summed E-state index contributed by atoms with van der Waals surface area (Å²) in [5, 5.41) is 3.23. The van der Waals surface area contributed by atoms with E-state index in [4.69, 9.17) is 5.73 Å². The standard InChI is InChI=1S/C16H14N4O2S/c17-15(22)19-12-6-4-11(5-7-12)14(21)10-23-16-18-9-13-3-1-2-8-20(13)16/h1-9H,10H2,(H3,17,19,22). The number of aromatic nitrogens is 2. The van der Waals surface area contributed by atoms with Crippen LogP contribution in [-0.2, 0) is 0 Å². The van der Waals surface area contributed by atoms with Crippen LogP contribution in [0.1, 0.15) is 10.4 Å². The topological polar surface area (TPSA) is 89.5 Å². The fourth-order valence-corrected chi connectivity index (χ4v) is 2.98. The zero-order valence-electron chi connectivity index (χ0n) is 12.1. The lowest BCUT2D eigenvalue weighted by Gasteiger charge is -2.04. The van der Waals surface area contributed by atoms with E-state index in [1.807, 2.05) is 28.8 Å². The van der Waals surface area contributed by atoms with E-state index in [2.05, 4.69) is 10.3 Å². The van der Waals surface area contributed by atoms with Gasteiger partial charge in [-0.15, -0.1) is 0 Å². The molecule has 0 saturated heterocycles. The van der Waals surface area contributed by atoms with Crippen LogP contribution in [0.25, 0.3) is 5.52 Å². The van der Waals surface area contributed by atoms with Crippen molar-refractivity contribution in [3.63, 3.8) is 0 Å². The second-order valence-corrected chi connectivity index (χ2v) is 5.76. The Hall–Kier alpha value is -2.80. The minimum atomic E-state index is -0.634. The van der Waals surface area contributed by atoms with Crippen LogP contribution in [0, 0.1) is 0 Å². The largest absolute Gasteiger partial charge is 0.351 e. The average molecular weight is 326 g/mol. The van der Waals surface area contributed by atoms with E-state index in [9.17, 15) is 9.59 Å². The molecule has 116 valence electrons. The zero-order valence-corrected chi connectivity index (χ0v) is 12.9. The maximum absolute atomic E-state index is 12.2. The van der Waals surface area contributed by atoms with E-state index in [0.29, 0.717) is 11.3 Å². The fourth-order valence-electron chi connectivity index (χ4n) is 2.12. The van der Waals surface area contributed by atoms with Crippen LogP contribution in [0.3, 0.4) is 0 Å². The Labute approximate surface area is 136 Å². The van der Waals surface area contributed by atoms with Crippen molar-refractivity contribution in [2.24, 2.45) is 5.73 Å². The van der Waals surface area contributed by atoms with Crippen molar-refractivity contribution >= 4 is 34.8 Å². The van der Waals surface area contributed by atoms with E-state index < -0.39 is 6.03 Å². The molecule has 1 aromatic carbocycles. The quantitative estimate of drug-likeness (QED) is 0.557. The summed E-state index contributed by atoms with van der Waals surface area (Å²) in [4.78, 5) is 27.3. The van der Waals surface area contributed by atoms with Crippen molar-refractivity contribution < 1.29 is 9.59 Å². The number of thioether (sulfide) groups is 1. The fraction of sp³-hybridized carbons (Fsp3) is 0.0625. The van der Waals surface area contributed by atoms with E-state index in [-0.39, 0.29) is 11.5 Å². The van der Waals surface area contributed by atoms with Gasteiger partial charge >= 0.3 is 6.03 Å². The number of carbonyl (C=O) groups excluding carboxylic acids is 2. The average Bonchev–Trinajstić information content (AvgIpc) is 2.96. The van der Waals surface area contributed by atoms with Crippen molar-refractivity contribution in [3.05, 3.63) is 60.4 Å². The lowest BCUT2D eigenvalue weighted by Crippen LogP contribution is -2.19. The number of ketones is 1. The van der Waals surface area contributed by atoms with Crippen LogP contribution >= 0.6 is 11.8 Å². The Balaban J connectivity index is 1.66. The number of nitrogens with one attached hydrogen (secondary N) is 1. The number of Topliss-reactive ketones (excluding diaryl/α,β-unsaturated/α-hetero) is 1. The van der Waals surface area contributed by atoms with Gasteiger partial charge in [-0.05, 0) is 36.4 Å². The van der Waals surface area contributed by atoms with Gasteiger partial charge in [0.15, 0.2) is 10.9 Å². The highest BCUT2D eigenvalue weighted by Gasteiger charge is 2.10. The van der Waals surface area contributed by atoms with Crippen LogP contribution in [0.4, 0.5) is 10.5 Å². The summed E-state index contributed by atoms with van der Waals surface area (Å²) in [6.45, 7) is 0. The molecule has 0 atom stereocenters. The van der Waals surface area contributed by atoms with Crippen molar-refractivity contribution in [2.45, 2.75) is 5.16 Å². The number of imidazole rings is 1. The van der Waals surface area contributed by atoms with Crippen molar-refractivity contribution in [1.82, 2.24) is 9.38 Å². The molecule has 3 aromatic rings. The highest BCUT2D eigenvalue weighted by Crippen LogP contribution is 2.20. The first-order valence-electron chi connectivity index (χ1n) is 6.88. The van der Waals surface area contributed by atoms with Crippen molar-refractivity contribution in [1.29, 1.82) is 0 Å². The monoisotopic (exact) mass is 326 g/mol. The number of hydrogen-bond acceptors (Lipinski definition) is 4. The smallest absolute Gasteiger partial charge is 0.316 e. The van der Waals surface area contributed by atoms with Crippen LogP contribution in [-0.4, -0.2) is 27.0 Å². The van der Waals surface area contributed by atoms with Gasteiger partial charge in [0.1, 0.15) is 0 Å². The molecule has 3 rings (SSSR count). The number of benzene rings is 1. The van der Waals surface area contributed by atoms with Gasteiger partial charge in [0, 0.05) is 17.4 Å². The summed E-state index contributed by atoms with van der Waals surface area (Å²) in [6.07, 6.45) is 3.69. The van der Waals surface area contributed by atoms with E-state index in [1.54, 1.807) is 30.5 Å². The molecule has 3 N–H and O–H groups in total. The molecular weight excluding hydrogens is 312 g/mol. The van der Waals surface area contributed by atoms with Crippen LogP contribution < -0.4 is 11.1 Å². The molecule has 0 fully saturated rings. The van der Waals surface area contributed by atoms with Gasteiger partial charge in [0.25, 0.3) is 0 Å². The second-order valence-electron chi connectivity index (χ2n) is 4.81. The molecule has 0 saturated carbocycles. The number of urea groups is 1. The van der Waals surface area contributed by atoms with E-state index in [1.165, 1.54) is 11.8 Å². The van der Waals surface area contributed by atoms with Gasteiger partial charge in [-0.3, -0.25) is 9.20 Å². The first kappa shape index (κ1) is 15.1. The van der Waals surface area contributed by atoms with Gasteiger partial charge in [-0.25, -0.2) is 9.78 Å². The molecule has 23 heavy (non-hydrogen) atoms. The first-order chi connectivity index (χ1) is 11.1. The SMILES string of the molecule is NC(=O)Nc1ccc(C(=O)CSc2ncc3ccccn23)cc1. The molecule has 0 aliphatic heterocycles. The number of hydrogen-bond donors (Lipinski definition) is 2. The number of nitrogens with zero attached hydrogens (tertiary/aromatic N) is 2. The molecule has 2 amide bonds. The van der Waals surface area contributed by atoms with Gasteiger partial charge in [-0.2, -0.15) is 0 Å². The molecule has 0 spiro atoms. The molecule has 2 aromatic heterocycles. The molecular formula is C16H14N4O2S. The number of anilines is 1. The van der Waals surface area contributed by atoms with E-state index >= 15 is 0 Å². The normalized spacial score (nSPS) is 10.6. The maximum Gasteiger partial charge on any atom is 0.316 e. The Morgan fingerprint density at radius 3 is 2.70 bits per heavy atom. The molecule has 0 unspecified atom stereocenters. The summed E-state index contributed by atoms with van der Waals surface area (Å²) < 4.78 is 1.94. The number of fused-ring (bicyclic) bond motifs is 1. The number of amides is 2.